The second-order valence-corrected chi connectivity index (χ2v) is 11.6. The highest BCUT2D eigenvalue weighted by atomic mass is 32.2. The van der Waals surface area contributed by atoms with Crippen molar-refractivity contribution in [1.29, 1.82) is 0 Å². The molecule has 0 radical (unpaired) electrons. The lowest BCUT2D eigenvalue weighted by atomic mass is 10.0. The number of nitrogens with two attached hydrogens (primary N) is 1. The van der Waals surface area contributed by atoms with Crippen LogP contribution in [0.5, 0.6) is 0 Å². The molecular formula is C29H28F3N3O8S. The van der Waals surface area contributed by atoms with E-state index in [-0.39, 0.29) is 23.2 Å². The van der Waals surface area contributed by atoms with Crippen LogP contribution in [0.3, 0.4) is 0 Å². The molecule has 0 aliphatic heterocycles. The lowest BCUT2D eigenvalue weighted by Crippen LogP contribution is -2.21. The van der Waals surface area contributed by atoms with Gasteiger partial charge in [-0.15, -0.1) is 0 Å². The third-order valence-corrected chi connectivity index (χ3v) is 7.70. The van der Waals surface area contributed by atoms with Crippen LogP contribution in [0.4, 0.5) is 18.9 Å². The molecule has 0 heterocycles. The van der Waals surface area contributed by atoms with Crippen molar-refractivity contribution in [3.8, 4) is 11.1 Å². The molecule has 1 aliphatic carbocycles. The monoisotopic (exact) mass is 635 g/mol. The van der Waals surface area contributed by atoms with E-state index in [9.17, 15) is 31.2 Å². The maximum atomic E-state index is 13.2. The molecule has 15 heteroatoms. The lowest BCUT2D eigenvalue weighted by molar-refractivity contribution is -0.192. The van der Waals surface area contributed by atoms with Crippen molar-refractivity contribution < 1.29 is 51.0 Å². The van der Waals surface area contributed by atoms with E-state index in [2.05, 4.69) is 10.5 Å². The number of nitrogens with one attached hydrogen (secondary N) is 1. The van der Waals surface area contributed by atoms with Crippen molar-refractivity contribution in [3.63, 3.8) is 0 Å². The number of ether oxygens (including phenoxy) is 1. The number of sulfone groups is 1. The molecule has 1 amide bonds. The van der Waals surface area contributed by atoms with Gasteiger partial charge in [0, 0.05) is 29.0 Å². The molecule has 3 atom stereocenters. The SMILES string of the molecule is CCOC(=O)C1C(C(=O)Nc2ccc(-c3ccccc3S(C)(=O)=O)cc2)C1c1cccc(/C(N)=N/O)c1.O=C(O)C(F)(F)F. The van der Waals surface area contributed by atoms with Crippen molar-refractivity contribution >= 4 is 39.2 Å². The Hall–Kier alpha value is -4.92. The summed E-state index contributed by atoms with van der Waals surface area (Å²) >= 11 is 0. The number of carboxylic acid groups (broad SMARTS) is 1. The zero-order valence-corrected chi connectivity index (χ0v) is 24.1. The van der Waals surface area contributed by atoms with E-state index in [1.54, 1.807) is 79.7 Å². The van der Waals surface area contributed by atoms with Gasteiger partial charge in [0.05, 0.1) is 23.3 Å². The molecule has 0 saturated heterocycles. The minimum atomic E-state index is -5.08. The molecule has 1 aliphatic rings. The van der Waals surface area contributed by atoms with Crippen molar-refractivity contribution in [2.45, 2.75) is 23.9 Å². The van der Waals surface area contributed by atoms with Crippen LogP contribution < -0.4 is 11.1 Å². The predicted molar refractivity (Wildman–Crippen MR) is 153 cm³/mol. The van der Waals surface area contributed by atoms with Gasteiger partial charge < -0.3 is 26.1 Å². The number of nitrogens with zero attached hydrogens (tertiary/aromatic N) is 1. The number of oxime groups is 1. The topological polar surface area (TPSA) is 185 Å². The zero-order valence-electron chi connectivity index (χ0n) is 23.3. The molecule has 1 saturated carbocycles. The van der Waals surface area contributed by atoms with Crippen molar-refractivity contribution in [3.05, 3.63) is 83.9 Å². The van der Waals surface area contributed by atoms with Gasteiger partial charge in [0.2, 0.25) is 5.91 Å². The molecule has 5 N–H and O–H groups in total. The summed E-state index contributed by atoms with van der Waals surface area (Å²) in [4.78, 5) is 34.9. The summed E-state index contributed by atoms with van der Waals surface area (Å²) in [6, 6.07) is 20.4. The standard InChI is InChI=1S/C27H27N3O6S.C2HF3O2/c1-3-36-27(32)24-22(17-7-6-8-18(15-17)25(28)30-33)23(24)26(31)29-19-13-11-16(12-14-19)20-9-4-5-10-21(20)37(2,34)35;3-2(4,5)1(6)7/h4-15,22-24,33H,3H2,1-2H3,(H2,28,30)(H,29,31);(H,6,7). The summed E-state index contributed by atoms with van der Waals surface area (Å²) in [5, 5.41) is 22.0. The Morgan fingerprint density at radius 1 is 1.00 bits per heavy atom. The number of anilines is 1. The Labute approximate surface area is 250 Å². The molecule has 4 rings (SSSR count). The number of carbonyl (C=O) groups excluding carboxylic acids is 2. The first-order valence-electron chi connectivity index (χ1n) is 12.8. The Balaban J connectivity index is 0.000000676. The number of alkyl halides is 3. The van der Waals surface area contributed by atoms with Gasteiger partial charge >= 0.3 is 18.1 Å². The Morgan fingerprint density at radius 2 is 1.61 bits per heavy atom. The third kappa shape index (κ3) is 8.12. The normalized spacial score (nSPS) is 17.9. The van der Waals surface area contributed by atoms with Gasteiger partial charge in [-0.1, -0.05) is 53.7 Å². The molecular weight excluding hydrogens is 607 g/mol. The minimum absolute atomic E-state index is 0.0753. The molecule has 3 unspecified atom stereocenters. The lowest BCUT2D eigenvalue weighted by Gasteiger charge is -2.10. The van der Waals surface area contributed by atoms with E-state index in [1.165, 1.54) is 0 Å². The number of amidine groups is 1. The zero-order chi connectivity index (χ0) is 32.8. The first kappa shape index (κ1) is 33.6. The van der Waals surface area contributed by atoms with Crippen LogP contribution in [0.1, 0.15) is 24.0 Å². The average Bonchev–Trinajstić information content (AvgIpc) is 3.73. The average molecular weight is 636 g/mol. The largest absolute Gasteiger partial charge is 0.490 e. The van der Waals surface area contributed by atoms with E-state index in [4.69, 9.17) is 25.6 Å². The first-order valence-corrected chi connectivity index (χ1v) is 14.7. The summed E-state index contributed by atoms with van der Waals surface area (Å²) < 4.78 is 61.2. The Bertz CT molecular complexity index is 1680. The maximum Gasteiger partial charge on any atom is 0.490 e. The number of rotatable bonds is 8. The molecule has 0 aromatic heterocycles. The molecule has 11 nitrogen and oxygen atoms in total. The minimum Gasteiger partial charge on any atom is -0.475 e. The van der Waals surface area contributed by atoms with Gasteiger partial charge in [0.1, 0.15) is 0 Å². The number of amides is 1. The quantitative estimate of drug-likeness (QED) is 0.0933. The second-order valence-electron chi connectivity index (χ2n) is 9.58. The van der Waals surface area contributed by atoms with Crippen LogP contribution in [0, 0.1) is 11.8 Å². The van der Waals surface area contributed by atoms with Crippen LogP contribution in [0.2, 0.25) is 0 Å². The van der Waals surface area contributed by atoms with E-state index < -0.39 is 45.7 Å². The smallest absolute Gasteiger partial charge is 0.475 e. The van der Waals surface area contributed by atoms with Crippen molar-refractivity contribution in [2.75, 3.05) is 18.2 Å². The molecule has 234 valence electrons. The fourth-order valence-electron chi connectivity index (χ4n) is 4.53. The molecule has 0 spiro atoms. The highest BCUT2D eigenvalue weighted by Gasteiger charge is 2.60. The summed E-state index contributed by atoms with van der Waals surface area (Å²) in [6.45, 7) is 1.89. The fourth-order valence-corrected chi connectivity index (χ4v) is 5.44. The number of aliphatic carboxylic acids is 1. The third-order valence-electron chi connectivity index (χ3n) is 6.55. The number of carbonyl (C=O) groups is 3. The number of carboxylic acids is 1. The second kappa shape index (κ2) is 13.6. The fraction of sp³-hybridized carbons (Fsp3) is 0.241. The van der Waals surface area contributed by atoms with Crippen molar-refractivity contribution in [1.82, 2.24) is 0 Å². The number of benzene rings is 3. The summed E-state index contributed by atoms with van der Waals surface area (Å²) in [6.07, 6.45) is -3.92. The summed E-state index contributed by atoms with van der Waals surface area (Å²) in [5.41, 5.74) is 8.64. The Morgan fingerprint density at radius 3 is 2.16 bits per heavy atom. The molecule has 0 bridgehead atoms. The van der Waals surface area contributed by atoms with E-state index in [0.717, 1.165) is 6.26 Å². The summed E-state index contributed by atoms with van der Waals surface area (Å²) in [5.74, 6) is -5.39. The molecule has 44 heavy (non-hydrogen) atoms. The van der Waals surface area contributed by atoms with E-state index >= 15 is 0 Å². The van der Waals surface area contributed by atoms with E-state index in [1.807, 2.05) is 0 Å². The van der Waals surface area contributed by atoms with Gasteiger partial charge in [-0.3, -0.25) is 9.59 Å². The Kier molecular flexibility index (Phi) is 10.4. The van der Waals surface area contributed by atoms with Gasteiger partial charge in [-0.25, -0.2) is 13.2 Å². The van der Waals surface area contributed by atoms with Crippen LogP contribution in [-0.4, -0.2) is 61.5 Å². The number of halogens is 3. The van der Waals surface area contributed by atoms with Crippen LogP contribution in [0.25, 0.3) is 11.1 Å². The molecule has 1 fully saturated rings. The van der Waals surface area contributed by atoms with E-state index in [0.29, 0.717) is 27.9 Å². The van der Waals surface area contributed by atoms with Gasteiger partial charge in [0.15, 0.2) is 15.7 Å². The number of hydrogen-bond acceptors (Lipinski definition) is 8. The first-order chi connectivity index (χ1) is 20.6. The van der Waals surface area contributed by atoms with Crippen LogP contribution >= 0.6 is 0 Å². The summed E-state index contributed by atoms with van der Waals surface area (Å²) in [7, 11) is -3.42. The number of esters is 1. The van der Waals surface area contributed by atoms with Gasteiger partial charge in [-0.05, 0) is 42.3 Å². The highest BCUT2D eigenvalue weighted by molar-refractivity contribution is 7.90. The van der Waals surface area contributed by atoms with Gasteiger partial charge in [0.25, 0.3) is 0 Å². The highest BCUT2D eigenvalue weighted by Crippen LogP contribution is 2.55. The van der Waals surface area contributed by atoms with Crippen LogP contribution in [-0.2, 0) is 29.0 Å². The molecule has 3 aromatic rings. The van der Waals surface area contributed by atoms with Crippen molar-refractivity contribution in [2.24, 2.45) is 22.7 Å². The maximum absolute atomic E-state index is 13.2. The predicted octanol–water partition coefficient (Wildman–Crippen LogP) is 4.02. The van der Waals surface area contributed by atoms with Crippen LogP contribution in [0.15, 0.2) is 82.8 Å². The van der Waals surface area contributed by atoms with Gasteiger partial charge in [-0.2, -0.15) is 13.2 Å². The molecule has 3 aromatic carbocycles. The number of hydrogen-bond donors (Lipinski definition) is 4.